The molecule has 6 heteroatoms. The highest BCUT2D eigenvalue weighted by atomic mass is 28.4. The summed E-state index contributed by atoms with van der Waals surface area (Å²) in [5.41, 5.74) is -1.66. The third-order valence-electron chi connectivity index (χ3n) is 13.1. The molecule has 4 aliphatic carbocycles. The second-order valence-electron chi connectivity index (χ2n) is 15.7. The molecule has 0 bridgehead atoms. The number of alkyl halides is 3. The van der Waals surface area contributed by atoms with Gasteiger partial charge in [-0.3, -0.25) is 4.79 Å². The summed E-state index contributed by atoms with van der Waals surface area (Å²) in [6, 6.07) is 9.47. The summed E-state index contributed by atoms with van der Waals surface area (Å²) < 4.78 is 50.0. The molecule has 0 spiro atoms. The summed E-state index contributed by atoms with van der Waals surface area (Å²) >= 11 is 0. The topological polar surface area (TPSA) is 26.3 Å². The van der Waals surface area contributed by atoms with Crippen molar-refractivity contribution in [1.29, 1.82) is 0 Å². The normalized spacial score (nSPS) is 38.3. The average molecular weight is 591 g/mol. The smallest absolute Gasteiger partial charge is 0.399 e. The predicted octanol–water partition coefficient (Wildman–Crippen LogP) is 9.47. The predicted molar refractivity (Wildman–Crippen MR) is 162 cm³/mol. The van der Waals surface area contributed by atoms with Gasteiger partial charge in [0.25, 0.3) is 0 Å². The minimum atomic E-state index is -4.42. The fourth-order valence-electron chi connectivity index (χ4n) is 10.7. The minimum absolute atomic E-state index is 0.0119. The maximum absolute atomic E-state index is 14.6. The SMILES string of the molecule is C[C@H](CC[C@](C)(O[Si](C)(C)c1ccccc1)C(F)(F)F)[C@H]1CC[C@H]2[C@@H]3CC[C@H]4CC(=O)CCC[C@]4(C)[C@H]3CC[C@]12C. The van der Waals surface area contributed by atoms with Crippen LogP contribution in [0.5, 0.6) is 0 Å². The zero-order valence-electron chi connectivity index (χ0n) is 26.3. The maximum atomic E-state index is 14.6. The number of Topliss-reactive ketones (excluding diaryl/α,β-unsaturated/α-hetero) is 1. The van der Waals surface area contributed by atoms with Gasteiger partial charge in [-0.15, -0.1) is 0 Å². The van der Waals surface area contributed by atoms with E-state index < -0.39 is 20.1 Å². The van der Waals surface area contributed by atoms with Crippen LogP contribution in [-0.4, -0.2) is 25.9 Å². The van der Waals surface area contributed by atoms with Gasteiger partial charge < -0.3 is 4.43 Å². The molecule has 2 nitrogen and oxygen atoms in total. The average Bonchev–Trinajstić information content (AvgIpc) is 3.17. The van der Waals surface area contributed by atoms with Gasteiger partial charge in [0.15, 0.2) is 0 Å². The van der Waals surface area contributed by atoms with E-state index >= 15 is 0 Å². The number of hydrogen-bond donors (Lipinski definition) is 0. The molecule has 0 aliphatic heterocycles. The van der Waals surface area contributed by atoms with Gasteiger partial charge in [0.2, 0.25) is 8.32 Å². The zero-order valence-corrected chi connectivity index (χ0v) is 27.3. The van der Waals surface area contributed by atoms with Crippen LogP contribution < -0.4 is 5.19 Å². The van der Waals surface area contributed by atoms with Crippen molar-refractivity contribution in [3.05, 3.63) is 30.3 Å². The Morgan fingerprint density at radius 1 is 0.976 bits per heavy atom. The van der Waals surface area contributed by atoms with Gasteiger partial charge >= 0.3 is 6.18 Å². The number of ketones is 1. The molecule has 0 aromatic heterocycles. The number of fused-ring (bicyclic) bond motifs is 5. The standard InChI is InChI=1S/C35H53F3O2Si/c1-24(18-22-34(4,35(36,37)38)40-41(5,6)27-12-8-7-9-13-27)29-16-17-30-28-15-14-25-23-26(39)11-10-20-32(25,2)31(28)19-21-33(29,30)3/h7-9,12-13,24-25,28-31H,10-11,14-23H2,1-6H3/t24-,25+,28+,29-,30+,31+,32+,33-,34+/m1/s1. The van der Waals surface area contributed by atoms with Crippen LogP contribution in [-0.2, 0) is 9.22 Å². The van der Waals surface area contributed by atoms with Gasteiger partial charge in [-0.05, 0) is 136 Å². The van der Waals surface area contributed by atoms with Crippen molar-refractivity contribution in [3.63, 3.8) is 0 Å². The molecular weight excluding hydrogens is 537 g/mol. The van der Waals surface area contributed by atoms with Gasteiger partial charge in [0.1, 0.15) is 11.4 Å². The first-order valence-corrected chi connectivity index (χ1v) is 19.4. The van der Waals surface area contributed by atoms with Crippen LogP contribution in [0.15, 0.2) is 30.3 Å². The van der Waals surface area contributed by atoms with Gasteiger partial charge in [-0.2, -0.15) is 13.2 Å². The fourth-order valence-corrected chi connectivity index (χ4v) is 13.2. The number of rotatable bonds is 7. The molecule has 1 aromatic rings. The largest absolute Gasteiger partial charge is 0.416 e. The lowest BCUT2D eigenvalue weighted by Crippen LogP contribution is -2.57. The third kappa shape index (κ3) is 5.63. The summed E-state index contributed by atoms with van der Waals surface area (Å²) in [7, 11) is -2.76. The summed E-state index contributed by atoms with van der Waals surface area (Å²) in [6.45, 7) is 12.3. The van der Waals surface area contributed by atoms with Crippen molar-refractivity contribution in [2.24, 2.45) is 46.3 Å². The van der Waals surface area contributed by atoms with E-state index in [-0.39, 0.29) is 23.2 Å². The van der Waals surface area contributed by atoms with Crippen LogP contribution in [0.4, 0.5) is 13.2 Å². The van der Waals surface area contributed by atoms with Gasteiger partial charge in [-0.25, -0.2) is 0 Å². The number of carbonyl (C=O) groups is 1. The molecule has 41 heavy (non-hydrogen) atoms. The maximum Gasteiger partial charge on any atom is 0.416 e. The van der Waals surface area contributed by atoms with Crippen LogP contribution in [0.2, 0.25) is 13.1 Å². The Morgan fingerprint density at radius 3 is 2.34 bits per heavy atom. The molecule has 230 valence electrons. The Kier molecular flexibility index (Phi) is 8.46. The van der Waals surface area contributed by atoms with Crippen LogP contribution in [0.1, 0.15) is 105 Å². The second-order valence-corrected chi connectivity index (χ2v) is 19.5. The Bertz CT molecular complexity index is 1090. The Hall–Kier alpha value is -1.14. The van der Waals surface area contributed by atoms with Gasteiger partial charge in [0.05, 0.1) is 0 Å². The van der Waals surface area contributed by atoms with Gasteiger partial charge in [-0.1, -0.05) is 51.1 Å². The first-order valence-electron chi connectivity index (χ1n) is 16.4. The first kappa shape index (κ1) is 31.3. The van der Waals surface area contributed by atoms with Crippen molar-refractivity contribution in [2.45, 2.75) is 130 Å². The second kappa shape index (κ2) is 11.1. The Morgan fingerprint density at radius 2 is 1.66 bits per heavy atom. The van der Waals surface area contributed by atoms with E-state index in [0.29, 0.717) is 41.8 Å². The molecule has 4 saturated carbocycles. The number of benzene rings is 1. The van der Waals surface area contributed by atoms with Gasteiger partial charge in [0, 0.05) is 12.8 Å². The van der Waals surface area contributed by atoms with Crippen LogP contribution in [0.25, 0.3) is 0 Å². The van der Waals surface area contributed by atoms with Crippen molar-refractivity contribution in [1.82, 2.24) is 0 Å². The van der Waals surface area contributed by atoms with E-state index in [1.807, 2.05) is 43.4 Å². The molecule has 0 heterocycles. The molecular formula is C35H53F3O2Si. The highest BCUT2D eigenvalue weighted by molar-refractivity contribution is 6.84. The molecule has 0 amide bonds. The van der Waals surface area contributed by atoms with E-state index in [0.717, 1.165) is 30.9 Å². The first-order chi connectivity index (χ1) is 19.1. The third-order valence-corrected chi connectivity index (χ3v) is 15.8. The van der Waals surface area contributed by atoms with E-state index in [4.69, 9.17) is 4.43 Å². The monoisotopic (exact) mass is 590 g/mol. The molecule has 0 N–H and O–H groups in total. The van der Waals surface area contributed by atoms with Crippen LogP contribution in [0, 0.1) is 46.3 Å². The molecule has 1 aromatic carbocycles. The molecule has 0 saturated heterocycles. The zero-order chi connectivity index (χ0) is 29.8. The van der Waals surface area contributed by atoms with E-state index in [1.165, 1.54) is 45.4 Å². The highest BCUT2D eigenvalue weighted by Gasteiger charge is 2.61. The lowest BCUT2D eigenvalue weighted by Gasteiger charge is -2.59. The van der Waals surface area contributed by atoms with Crippen molar-refractivity contribution in [3.8, 4) is 0 Å². The molecule has 0 unspecified atom stereocenters. The summed E-state index contributed by atoms with van der Waals surface area (Å²) in [5, 5.41) is 0.896. The molecule has 9 atom stereocenters. The molecule has 0 radical (unpaired) electrons. The van der Waals surface area contributed by atoms with Crippen LogP contribution in [0.3, 0.4) is 0 Å². The Balaban J connectivity index is 1.29. The summed E-state index contributed by atoms with van der Waals surface area (Å²) in [4.78, 5) is 12.5. The lowest BCUT2D eigenvalue weighted by molar-refractivity contribution is -0.248. The van der Waals surface area contributed by atoms with E-state index in [2.05, 4.69) is 20.8 Å². The van der Waals surface area contributed by atoms with Crippen LogP contribution >= 0.6 is 0 Å². The summed E-state index contributed by atoms with van der Waals surface area (Å²) in [5.74, 6) is 3.79. The number of carbonyl (C=O) groups excluding carboxylic acids is 1. The summed E-state index contributed by atoms with van der Waals surface area (Å²) in [6.07, 6.45) is 7.08. The highest BCUT2D eigenvalue weighted by Crippen LogP contribution is 2.68. The molecule has 4 aliphatic rings. The van der Waals surface area contributed by atoms with Crippen molar-refractivity contribution in [2.75, 3.05) is 0 Å². The minimum Gasteiger partial charge on any atom is -0.399 e. The molecule has 5 rings (SSSR count). The number of hydrogen-bond acceptors (Lipinski definition) is 2. The van der Waals surface area contributed by atoms with Crippen molar-refractivity contribution >= 4 is 19.3 Å². The lowest BCUT2D eigenvalue weighted by atomic mass is 9.46. The van der Waals surface area contributed by atoms with E-state index in [9.17, 15) is 18.0 Å². The quantitative estimate of drug-likeness (QED) is 0.296. The Labute approximate surface area is 247 Å². The van der Waals surface area contributed by atoms with Crippen molar-refractivity contribution < 1.29 is 22.4 Å². The molecule has 4 fully saturated rings. The number of halogens is 3. The van der Waals surface area contributed by atoms with E-state index in [1.54, 1.807) is 0 Å². The fraction of sp³-hybridized carbons (Fsp3) is 0.800.